The van der Waals surface area contributed by atoms with Crippen LogP contribution < -0.4 is 10.6 Å². The van der Waals surface area contributed by atoms with Crippen molar-refractivity contribution in [1.82, 2.24) is 15.5 Å². The minimum atomic E-state index is -0.596. The number of carbonyl (C=O) groups is 3. The maximum atomic E-state index is 12.4. The van der Waals surface area contributed by atoms with Crippen LogP contribution in [-0.4, -0.2) is 54.1 Å². The van der Waals surface area contributed by atoms with Gasteiger partial charge in [0.05, 0.1) is 0 Å². The first-order chi connectivity index (χ1) is 12.7. The van der Waals surface area contributed by atoms with Gasteiger partial charge in [0.1, 0.15) is 11.6 Å². The minimum Gasteiger partial charge on any atom is -0.444 e. The molecule has 1 aromatic carbocycles. The van der Waals surface area contributed by atoms with Crippen molar-refractivity contribution in [2.75, 3.05) is 19.6 Å². The molecule has 1 heterocycles. The highest BCUT2D eigenvalue weighted by molar-refractivity contribution is 5.94. The van der Waals surface area contributed by atoms with Crippen molar-refractivity contribution in [1.29, 1.82) is 0 Å². The second-order valence-corrected chi connectivity index (χ2v) is 7.74. The number of benzene rings is 1. The van der Waals surface area contributed by atoms with E-state index in [1.165, 1.54) is 4.90 Å². The lowest BCUT2D eigenvalue weighted by Crippen LogP contribution is -2.48. The fraction of sp³-hybridized carbons (Fsp3) is 0.550. The van der Waals surface area contributed by atoms with Crippen molar-refractivity contribution < 1.29 is 19.1 Å². The van der Waals surface area contributed by atoms with E-state index in [9.17, 15) is 14.4 Å². The third kappa shape index (κ3) is 6.27. The van der Waals surface area contributed by atoms with E-state index in [-0.39, 0.29) is 11.8 Å². The number of nitrogens with one attached hydrogen (secondary N) is 2. The summed E-state index contributed by atoms with van der Waals surface area (Å²) in [6, 6.07) is 6.76. The SMILES string of the molecule is Cc1ccc(C(=O)NCCNC(=O)[C@@H]2CCCN2C(=O)OC(C)(C)C)cc1. The Balaban J connectivity index is 1.77. The topological polar surface area (TPSA) is 87.7 Å². The van der Waals surface area contributed by atoms with Gasteiger partial charge in [0.2, 0.25) is 5.91 Å². The van der Waals surface area contributed by atoms with Gasteiger partial charge in [-0.25, -0.2) is 4.79 Å². The van der Waals surface area contributed by atoms with Gasteiger partial charge in [-0.05, 0) is 52.7 Å². The van der Waals surface area contributed by atoms with Gasteiger partial charge in [0.15, 0.2) is 0 Å². The smallest absolute Gasteiger partial charge is 0.410 e. The average molecular weight is 375 g/mol. The number of aryl methyl sites for hydroxylation is 1. The normalized spacial score (nSPS) is 16.7. The number of rotatable bonds is 5. The summed E-state index contributed by atoms with van der Waals surface area (Å²) >= 11 is 0. The van der Waals surface area contributed by atoms with Crippen molar-refractivity contribution >= 4 is 17.9 Å². The molecule has 0 radical (unpaired) electrons. The van der Waals surface area contributed by atoms with E-state index < -0.39 is 17.7 Å². The summed E-state index contributed by atoms with van der Waals surface area (Å²) in [5.41, 5.74) is 1.07. The Hall–Kier alpha value is -2.57. The molecule has 1 fully saturated rings. The summed E-state index contributed by atoms with van der Waals surface area (Å²) in [5, 5.41) is 5.56. The molecule has 7 heteroatoms. The zero-order valence-corrected chi connectivity index (χ0v) is 16.5. The second-order valence-electron chi connectivity index (χ2n) is 7.74. The van der Waals surface area contributed by atoms with Crippen LogP contribution in [0.15, 0.2) is 24.3 Å². The first-order valence-electron chi connectivity index (χ1n) is 9.29. The minimum absolute atomic E-state index is 0.180. The van der Waals surface area contributed by atoms with Crippen LogP contribution in [0.5, 0.6) is 0 Å². The standard InChI is InChI=1S/C20H29N3O4/c1-14-7-9-15(10-8-14)17(24)21-11-12-22-18(25)16-6-5-13-23(16)19(26)27-20(2,3)4/h7-10,16H,5-6,11-13H2,1-4H3,(H,21,24)(H,22,25)/t16-/m0/s1. The number of carbonyl (C=O) groups excluding carboxylic acids is 3. The quantitative estimate of drug-likeness (QED) is 0.773. The Kier molecular flexibility index (Phi) is 6.82. The highest BCUT2D eigenvalue weighted by Gasteiger charge is 2.36. The molecule has 0 aromatic heterocycles. The summed E-state index contributed by atoms with van der Waals surface area (Å²) < 4.78 is 5.37. The third-order valence-electron chi connectivity index (χ3n) is 4.21. The molecule has 1 atom stereocenters. The average Bonchev–Trinajstić information content (AvgIpc) is 3.07. The second kappa shape index (κ2) is 8.88. The van der Waals surface area contributed by atoms with Crippen LogP contribution in [0.3, 0.4) is 0 Å². The summed E-state index contributed by atoms with van der Waals surface area (Å²) in [5.74, 6) is -0.400. The lowest BCUT2D eigenvalue weighted by molar-refractivity contribution is -0.125. The number of amides is 3. The molecule has 1 aliphatic heterocycles. The van der Waals surface area contributed by atoms with Crippen LogP contribution in [0.25, 0.3) is 0 Å². The van der Waals surface area contributed by atoms with Crippen molar-refractivity contribution in [3.05, 3.63) is 35.4 Å². The molecule has 1 aliphatic rings. The molecule has 3 amide bonds. The highest BCUT2D eigenvalue weighted by Crippen LogP contribution is 2.20. The fourth-order valence-corrected chi connectivity index (χ4v) is 2.86. The molecule has 0 aliphatic carbocycles. The summed E-state index contributed by atoms with van der Waals surface area (Å²) in [6.07, 6.45) is 0.912. The number of hydrogen-bond acceptors (Lipinski definition) is 4. The zero-order valence-electron chi connectivity index (χ0n) is 16.5. The summed E-state index contributed by atoms with van der Waals surface area (Å²) in [4.78, 5) is 38.2. The van der Waals surface area contributed by atoms with E-state index in [0.29, 0.717) is 31.6 Å². The Bertz CT molecular complexity index is 679. The summed E-state index contributed by atoms with van der Waals surface area (Å²) in [7, 11) is 0. The molecule has 0 unspecified atom stereocenters. The third-order valence-corrected chi connectivity index (χ3v) is 4.21. The maximum Gasteiger partial charge on any atom is 0.410 e. The molecule has 27 heavy (non-hydrogen) atoms. The van der Waals surface area contributed by atoms with Gasteiger partial charge in [0.25, 0.3) is 5.91 Å². The van der Waals surface area contributed by atoms with Crippen LogP contribution in [0.4, 0.5) is 4.79 Å². The predicted octanol–water partition coefficient (Wildman–Crippen LogP) is 2.24. The molecule has 2 rings (SSSR count). The Labute approximate surface area is 160 Å². The van der Waals surface area contributed by atoms with Crippen LogP contribution >= 0.6 is 0 Å². The molecular formula is C20H29N3O4. The zero-order chi connectivity index (χ0) is 20.0. The van der Waals surface area contributed by atoms with Crippen LogP contribution in [0.2, 0.25) is 0 Å². The molecule has 0 bridgehead atoms. The number of ether oxygens (including phenoxy) is 1. The monoisotopic (exact) mass is 375 g/mol. The Morgan fingerprint density at radius 2 is 1.74 bits per heavy atom. The molecule has 1 saturated heterocycles. The van der Waals surface area contributed by atoms with Crippen molar-refractivity contribution in [2.24, 2.45) is 0 Å². The Morgan fingerprint density at radius 3 is 2.37 bits per heavy atom. The predicted molar refractivity (Wildman–Crippen MR) is 102 cm³/mol. The molecule has 1 aromatic rings. The van der Waals surface area contributed by atoms with Crippen LogP contribution in [-0.2, 0) is 9.53 Å². The van der Waals surface area contributed by atoms with E-state index in [1.54, 1.807) is 32.9 Å². The van der Waals surface area contributed by atoms with E-state index in [1.807, 2.05) is 19.1 Å². The molecular weight excluding hydrogens is 346 g/mol. The number of nitrogens with zero attached hydrogens (tertiary/aromatic N) is 1. The summed E-state index contributed by atoms with van der Waals surface area (Å²) in [6.45, 7) is 8.48. The van der Waals surface area contributed by atoms with Crippen LogP contribution in [0, 0.1) is 6.92 Å². The number of likely N-dealkylation sites (tertiary alicyclic amines) is 1. The van der Waals surface area contributed by atoms with E-state index in [2.05, 4.69) is 10.6 Å². The van der Waals surface area contributed by atoms with Crippen molar-refractivity contribution in [3.63, 3.8) is 0 Å². The lowest BCUT2D eigenvalue weighted by Gasteiger charge is -2.28. The van der Waals surface area contributed by atoms with Gasteiger partial charge in [0, 0.05) is 25.2 Å². The Morgan fingerprint density at radius 1 is 1.11 bits per heavy atom. The van der Waals surface area contributed by atoms with Gasteiger partial charge >= 0.3 is 6.09 Å². The van der Waals surface area contributed by atoms with E-state index in [0.717, 1.165) is 12.0 Å². The van der Waals surface area contributed by atoms with Gasteiger partial charge in [-0.3, -0.25) is 14.5 Å². The molecule has 7 nitrogen and oxygen atoms in total. The largest absolute Gasteiger partial charge is 0.444 e. The first kappa shape index (κ1) is 20.7. The lowest BCUT2D eigenvalue weighted by atomic mass is 10.1. The first-order valence-corrected chi connectivity index (χ1v) is 9.29. The van der Waals surface area contributed by atoms with E-state index >= 15 is 0 Å². The molecule has 148 valence electrons. The number of hydrogen-bond donors (Lipinski definition) is 2. The van der Waals surface area contributed by atoms with Crippen molar-refractivity contribution in [3.8, 4) is 0 Å². The van der Waals surface area contributed by atoms with Gasteiger partial charge in [-0.2, -0.15) is 0 Å². The van der Waals surface area contributed by atoms with Crippen molar-refractivity contribution in [2.45, 2.75) is 52.2 Å². The maximum absolute atomic E-state index is 12.4. The van der Waals surface area contributed by atoms with Gasteiger partial charge < -0.3 is 15.4 Å². The molecule has 0 saturated carbocycles. The highest BCUT2D eigenvalue weighted by atomic mass is 16.6. The van der Waals surface area contributed by atoms with E-state index in [4.69, 9.17) is 4.74 Å². The molecule has 0 spiro atoms. The molecule has 2 N–H and O–H groups in total. The van der Waals surface area contributed by atoms with Gasteiger partial charge in [-0.15, -0.1) is 0 Å². The fourth-order valence-electron chi connectivity index (χ4n) is 2.86. The van der Waals surface area contributed by atoms with Crippen LogP contribution in [0.1, 0.15) is 49.5 Å². The van der Waals surface area contributed by atoms with Gasteiger partial charge in [-0.1, -0.05) is 17.7 Å².